The van der Waals surface area contributed by atoms with Crippen molar-refractivity contribution < 1.29 is 9.32 Å². The second kappa shape index (κ2) is 8.06. The van der Waals surface area contributed by atoms with E-state index in [4.69, 9.17) is 4.52 Å². The summed E-state index contributed by atoms with van der Waals surface area (Å²) >= 11 is 1.57. The van der Waals surface area contributed by atoms with Crippen LogP contribution >= 0.6 is 11.3 Å². The third kappa shape index (κ3) is 4.56. The van der Waals surface area contributed by atoms with Gasteiger partial charge in [0.05, 0.1) is 17.1 Å². The van der Waals surface area contributed by atoms with Crippen molar-refractivity contribution in [3.8, 4) is 11.3 Å². The maximum absolute atomic E-state index is 12.9. The molecule has 1 aliphatic rings. The minimum Gasteiger partial charge on any atom is -0.344 e. The quantitative estimate of drug-likeness (QED) is 0.608. The summed E-state index contributed by atoms with van der Waals surface area (Å²) in [5, 5.41) is 8.14. The summed E-state index contributed by atoms with van der Waals surface area (Å²) in [5.74, 6) is 1.76. The van der Waals surface area contributed by atoms with E-state index in [1.54, 1.807) is 11.3 Å². The van der Waals surface area contributed by atoms with Gasteiger partial charge in [0.25, 0.3) is 0 Å². The molecule has 152 valence electrons. The highest BCUT2D eigenvalue weighted by Gasteiger charge is 2.31. The molecule has 1 atom stereocenters. The lowest BCUT2D eigenvalue weighted by Crippen LogP contribution is -2.33. The number of benzene rings is 1. The molecular weight excluding hydrogens is 384 g/mol. The summed E-state index contributed by atoms with van der Waals surface area (Å²) in [6.07, 6.45) is 2.51. The van der Waals surface area contributed by atoms with Gasteiger partial charge >= 0.3 is 0 Å². The molecule has 0 saturated heterocycles. The third-order valence-electron chi connectivity index (χ3n) is 5.10. The molecule has 1 saturated carbocycles. The van der Waals surface area contributed by atoms with Gasteiger partial charge in [0.15, 0.2) is 5.82 Å². The minimum absolute atomic E-state index is 0.0631. The Kier molecular flexibility index (Phi) is 5.50. The van der Waals surface area contributed by atoms with Gasteiger partial charge in [0.1, 0.15) is 6.04 Å². The molecule has 0 spiro atoms. The van der Waals surface area contributed by atoms with Crippen LogP contribution in [0.5, 0.6) is 0 Å². The predicted octanol–water partition coefficient (Wildman–Crippen LogP) is 4.74. The summed E-state index contributed by atoms with van der Waals surface area (Å²) in [5.41, 5.74) is 3.12. The zero-order valence-corrected chi connectivity index (χ0v) is 18.0. The highest BCUT2D eigenvalue weighted by molar-refractivity contribution is 7.12. The Hall–Kier alpha value is -2.54. The highest BCUT2D eigenvalue weighted by Crippen LogP contribution is 2.38. The summed E-state index contributed by atoms with van der Waals surface area (Å²) in [4.78, 5) is 23.0. The van der Waals surface area contributed by atoms with E-state index in [1.165, 1.54) is 5.56 Å². The van der Waals surface area contributed by atoms with Gasteiger partial charge in [0, 0.05) is 16.4 Å². The number of thiazole rings is 1. The molecule has 1 aliphatic carbocycles. The van der Waals surface area contributed by atoms with Crippen LogP contribution in [0.15, 0.2) is 28.8 Å². The first-order valence-corrected chi connectivity index (χ1v) is 10.9. The number of amides is 1. The number of aromatic nitrogens is 3. The van der Waals surface area contributed by atoms with Crippen molar-refractivity contribution >= 4 is 17.2 Å². The van der Waals surface area contributed by atoms with Gasteiger partial charge in [-0.1, -0.05) is 48.8 Å². The zero-order valence-electron chi connectivity index (χ0n) is 17.2. The van der Waals surface area contributed by atoms with Gasteiger partial charge in [-0.2, -0.15) is 4.98 Å². The average molecular weight is 411 g/mol. The topological polar surface area (TPSA) is 80.9 Å². The highest BCUT2D eigenvalue weighted by atomic mass is 32.1. The monoisotopic (exact) mass is 410 g/mol. The average Bonchev–Trinajstić information content (AvgIpc) is 3.30. The Balaban J connectivity index is 1.50. The second-order valence-corrected chi connectivity index (χ2v) is 9.39. The van der Waals surface area contributed by atoms with Gasteiger partial charge in [-0.3, -0.25) is 4.79 Å². The second-order valence-electron chi connectivity index (χ2n) is 8.10. The maximum atomic E-state index is 12.9. The molecule has 6 nitrogen and oxygen atoms in total. The van der Waals surface area contributed by atoms with Crippen molar-refractivity contribution in [3.05, 3.63) is 51.4 Å². The predicted molar refractivity (Wildman–Crippen MR) is 113 cm³/mol. The first-order chi connectivity index (χ1) is 13.9. The molecule has 2 heterocycles. The summed E-state index contributed by atoms with van der Waals surface area (Å²) < 4.78 is 5.46. The van der Waals surface area contributed by atoms with E-state index in [2.05, 4.69) is 51.6 Å². The summed E-state index contributed by atoms with van der Waals surface area (Å²) in [6, 6.07) is 7.95. The van der Waals surface area contributed by atoms with Crippen LogP contribution in [0.1, 0.15) is 65.8 Å². The minimum atomic E-state index is -0.292. The van der Waals surface area contributed by atoms with E-state index in [0.717, 1.165) is 39.8 Å². The lowest BCUT2D eigenvalue weighted by atomic mass is 10.0. The Morgan fingerprint density at radius 1 is 1.21 bits per heavy atom. The molecule has 1 amide bonds. The summed E-state index contributed by atoms with van der Waals surface area (Å²) in [7, 11) is 0. The largest absolute Gasteiger partial charge is 0.344 e. The number of rotatable bonds is 7. The van der Waals surface area contributed by atoms with E-state index in [1.807, 2.05) is 20.8 Å². The van der Waals surface area contributed by atoms with Crippen molar-refractivity contribution in [3.63, 3.8) is 0 Å². The van der Waals surface area contributed by atoms with E-state index < -0.39 is 0 Å². The van der Waals surface area contributed by atoms with Crippen molar-refractivity contribution in [1.29, 1.82) is 0 Å². The number of hydrogen-bond donors (Lipinski definition) is 1. The lowest BCUT2D eigenvalue weighted by molar-refractivity contribution is -0.121. The fourth-order valence-corrected chi connectivity index (χ4v) is 4.25. The first-order valence-electron chi connectivity index (χ1n) is 10.1. The van der Waals surface area contributed by atoms with Crippen LogP contribution in [0, 0.1) is 19.8 Å². The fraction of sp³-hybridized carbons (Fsp3) is 0.455. The molecule has 1 N–H and O–H groups in total. The molecule has 29 heavy (non-hydrogen) atoms. The van der Waals surface area contributed by atoms with Crippen LogP contribution < -0.4 is 5.32 Å². The van der Waals surface area contributed by atoms with Crippen LogP contribution in [0.3, 0.4) is 0 Å². The van der Waals surface area contributed by atoms with E-state index >= 15 is 0 Å². The van der Waals surface area contributed by atoms with Crippen molar-refractivity contribution in [2.24, 2.45) is 5.92 Å². The van der Waals surface area contributed by atoms with Crippen molar-refractivity contribution in [1.82, 2.24) is 20.4 Å². The summed E-state index contributed by atoms with van der Waals surface area (Å²) in [6.45, 7) is 8.11. The molecule has 0 aliphatic heterocycles. The van der Waals surface area contributed by atoms with E-state index in [9.17, 15) is 4.79 Å². The maximum Gasteiger partial charge on any atom is 0.249 e. The van der Waals surface area contributed by atoms with Gasteiger partial charge in [-0.25, -0.2) is 4.98 Å². The zero-order chi connectivity index (χ0) is 20.5. The number of hydrogen-bond acceptors (Lipinski definition) is 6. The SMILES string of the molecule is Cc1ccc(-c2nc(C)sc2CC(=O)NC(c2nc(C3CC3)no2)C(C)C)cc1. The molecule has 1 fully saturated rings. The van der Waals surface area contributed by atoms with Crippen LogP contribution in [-0.4, -0.2) is 21.0 Å². The Morgan fingerprint density at radius 3 is 2.59 bits per heavy atom. The number of aryl methyl sites for hydroxylation is 2. The Morgan fingerprint density at radius 2 is 1.93 bits per heavy atom. The molecule has 0 radical (unpaired) electrons. The van der Waals surface area contributed by atoms with E-state index in [-0.39, 0.29) is 24.3 Å². The van der Waals surface area contributed by atoms with Crippen LogP contribution in [0.25, 0.3) is 11.3 Å². The van der Waals surface area contributed by atoms with Crippen LogP contribution in [-0.2, 0) is 11.2 Å². The number of carbonyl (C=O) groups is 1. The Bertz CT molecular complexity index is 1000. The molecular formula is C22H26N4O2S. The molecule has 4 rings (SSSR count). The van der Waals surface area contributed by atoms with Crippen LogP contribution in [0.4, 0.5) is 0 Å². The molecule has 1 aromatic carbocycles. The molecule has 1 unspecified atom stereocenters. The van der Waals surface area contributed by atoms with Crippen molar-refractivity contribution in [2.45, 2.75) is 58.9 Å². The molecule has 7 heteroatoms. The number of carbonyl (C=O) groups excluding carboxylic acids is 1. The normalized spacial score (nSPS) is 14.9. The van der Waals surface area contributed by atoms with Gasteiger partial charge < -0.3 is 9.84 Å². The molecule has 2 aromatic heterocycles. The number of nitrogens with one attached hydrogen (secondary N) is 1. The van der Waals surface area contributed by atoms with Crippen LogP contribution in [0.2, 0.25) is 0 Å². The first kappa shape index (κ1) is 19.8. The Labute approximate surface area is 174 Å². The number of nitrogens with zero attached hydrogens (tertiary/aromatic N) is 3. The standard InChI is InChI=1S/C22H26N4O2S/c1-12(2)19(22-25-21(26-28-22)16-9-10-16)24-18(27)11-17-20(23-14(4)29-17)15-7-5-13(3)6-8-15/h5-8,12,16,19H,9-11H2,1-4H3,(H,24,27). The smallest absolute Gasteiger partial charge is 0.249 e. The van der Waals surface area contributed by atoms with Gasteiger partial charge in [-0.15, -0.1) is 11.3 Å². The van der Waals surface area contributed by atoms with E-state index in [0.29, 0.717) is 11.8 Å². The third-order valence-corrected chi connectivity index (χ3v) is 6.07. The molecule has 3 aromatic rings. The van der Waals surface area contributed by atoms with Gasteiger partial charge in [-0.05, 0) is 32.6 Å². The van der Waals surface area contributed by atoms with Gasteiger partial charge in [0.2, 0.25) is 11.8 Å². The van der Waals surface area contributed by atoms with Crippen molar-refractivity contribution in [2.75, 3.05) is 0 Å². The fourth-order valence-electron chi connectivity index (χ4n) is 3.29. The lowest BCUT2D eigenvalue weighted by Gasteiger charge is -2.18. The molecule has 0 bridgehead atoms.